The molecule has 5 rings (SSSR count). The van der Waals surface area contributed by atoms with Gasteiger partial charge in [-0.3, -0.25) is 4.79 Å². The van der Waals surface area contributed by atoms with Crippen LogP contribution >= 0.6 is 0 Å². The number of benzene rings is 3. The molecule has 0 bridgehead atoms. The highest BCUT2D eigenvalue weighted by molar-refractivity contribution is 6.08. The van der Waals surface area contributed by atoms with Gasteiger partial charge in [0.1, 0.15) is 0 Å². The molecule has 0 spiro atoms. The van der Waals surface area contributed by atoms with Crippen LogP contribution in [0.1, 0.15) is 30.0 Å². The molecular formula is C24H21NO. The molecule has 0 N–H and O–H groups in total. The van der Waals surface area contributed by atoms with Crippen molar-refractivity contribution in [3.8, 4) is 11.1 Å². The number of aryl methyl sites for hydroxylation is 1. The maximum absolute atomic E-state index is 12.9. The van der Waals surface area contributed by atoms with Crippen molar-refractivity contribution >= 4 is 11.6 Å². The molecule has 0 aliphatic carbocycles. The van der Waals surface area contributed by atoms with Crippen molar-refractivity contribution in [3.05, 3.63) is 90.0 Å². The molecule has 2 aliphatic rings. The molecule has 0 aromatic heterocycles. The maximum atomic E-state index is 12.9. The Morgan fingerprint density at radius 2 is 1.46 bits per heavy atom. The fourth-order valence-corrected chi connectivity index (χ4v) is 4.54. The summed E-state index contributed by atoms with van der Waals surface area (Å²) in [6.07, 6.45) is 3.04. The molecule has 2 heterocycles. The fraction of sp³-hybridized carbons (Fsp3) is 0.208. The Labute approximate surface area is 154 Å². The van der Waals surface area contributed by atoms with Gasteiger partial charge in [0.05, 0.1) is 17.6 Å². The van der Waals surface area contributed by atoms with Crippen LogP contribution < -0.4 is 4.90 Å². The summed E-state index contributed by atoms with van der Waals surface area (Å²) < 4.78 is 0. The summed E-state index contributed by atoms with van der Waals surface area (Å²) in [5.74, 6) is 0.387. The molecule has 1 fully saturated rings. The highest BCUT2D eigenvalue weighted by Crippen LogP contribution is 2.54. The van der Waals surface area contributed by atoms with Crippen molar-refractivity contribution in [1.82, 2.24) is 0 Å². The highest BCUT2D eigenvalue weighted by atomic mass is 16.2. The third kappa shape index (κ3) is 2.29. The second-order valence-corrected chi connectivity index (χ2v) is 7.24. The van der Waals surface area contributed by atoms with Crippen molar-refractivity contribution in [3.63, 3.8) is 0 Å². The Kier molecular flexibility index (Phi) is 3.63. The molecular weight excluding hydrogens is 318 g/mol. The van der Waals surface area contributed by atoms with Crippen LogP contribution in [0.5, 0.6) is 0 Å². The third-order valence-corrected chi connectivity index (χ3v) is 5.77. The highest BCUT2D eigenvalue weighted by Gasteiger charge is 2.51. The van der Waals surface area contributed by atoms with Crippen LogP contribution in [0, 0.1) is 5.92 Å². The van der Waals surface area contributed by atoms with E-state index in [2.05, 4.69) is 66.7 Å². The molecule has 3 aromatic rings. The van der Waals surface area contributed by atoms with Crippen LogP contribution in [0.25, 0.3) is 11.1 Å². The molecule has 26 heavy (non-hydrogen) atoms. The van der Waals surface area contributed by atoms with Gasteiger partial charge >= 0.3 is 0 Å². The van der Waals surface area contributed by atoms with Gasteiger partial charge in [0.15, 0.2) is 0 Å². The van der Waals surface area contributed by atoms with Gasteiger partial charge in [-0.1, -0.05) is 72.8 Å². The van der Waals surface area contributed by atoms with Gasteiger partial charge in [0, 0.05) is 5.56 Å². The van der Waals surface area contributed by atoms with Crippen LogP contribution in [-0.2, 0) is 11.2 Å². The largest absolute Gasteiger partial charge is 0.303 e. The quantitative estimate of drug-likeness (QED) is 0.583. The number of carbonyl (C=O) groups excluding carboxylic acids is 1. The van der Waals surface area contributed by atoms with E-state index in [0.717, 1.165) is 24.9 Å². The van der Waals surface area contributed by atoms with E-state index in [1.807, 2.05) is 17.0 Å². The minimum absolute atomic E-state index is 0.105. The van der Waals surface area contributed by atoms with Gasteiger partial charge in [-0.15, -0.1) is 0 Å². The summed E-state index contributed by atoms with van der Waals surface area (Å²) >= 11 is 0. The lowest BCUT2D eigenvalue weighted by atomic mass is 9.73. The molecule has 3 aromatic carbocycles. The number of hydrogen-bond donors (Lipinski definition) is 0. The Hall–Kier alpha value is -2.87. The second kappa shape index (κ2) is 6.14. The lowest BCUT2D eigenvalue weighted by Gasteiger charge is -2.51. The number of anilines is 1. The van der Waals surface area contributed by atoms with E-state index >= 15 is 0 Å². The second-order valence-electron chi connectivity index (χ2n) is 7.24. The van der Waals surface area contributed by atoms with Crippen LogP contribution in [-0.4, -0.2) is 5.91 Å². The predicted octanol–water partition coefficient (Wildman–Crippen LogP) is 5.39. The van der Waals surface area contributed by atoms with E-state index in [4.69, 9.17) is 0 Å². The SMILES string of the molecule is O=C1[C@H](CCCc2ccccc2)[C@H]2c3ccccc3-c3ccccc3N12. The van der Waals surface area contributed by atoms with Gasteiger partial charge in [0.25, 0.3) is 0 Å². The average molecular weight is 339 g/mol. The summed E-state index contributed by atoms with van der Waals surface area (Å²) in [5, 5.41) is 0. The number of amides is 1. The van der Waals surface area contributed by atoms with Crippen LogP contribution in [0.4, 0.5) is 5.69 Å². The number of hydrogen-bond acceptors (Lipinski definition) is 1. The number of fused-ring (bicyclic) bond motifs is 6. The topological polar surface area (TPSA) is 20.3 Å². The molecule has 1 amide bonds. The summed E-state index contributed by atoms with van der Waals surface area (Å²) in [6, 6.07) is 27.6. The molecule has 2 atom stereocenters. The summed E-state index contributed by atoms with van der Waals surface area (Å²) in [7, 11) is 0. The van der Waals surface area contributed by atoms with Gasteiger partial charge in [-0.05, 0) is 42.0 Å². The summed E-state index contributed by atoms with van der Waals surface area (Å²) in [4.78, 5) is 15.0. The van der Waals surface area contributed by atoms with Gasteiger partial charge in [-0.25, -0.2) is 0 Å². The molecule has 0 unspecified atom stereocenters. The molecule has 2 heteroatoms. The first-order valence-corrected chi connectivity index (χ1v) is 9.40. The van der Waals surface area contributed by atoms with Crippen molar-refractivity contribution in [2.75, 3.05) is 4.90 Å². The number of para-hydroxylation sites is 1. The Morgan fingerprint density at radius 3 is 2.31 bits per heavy atom. The zero-order valence-electron chi connectivity index (χ0n) is 14.6. The van der Waals surface area contributed by atoms with Gasteiger partial charge < -0.3 is 4.90 Å². The molecule has 128 valence electrons. The number of β-lactam (4-membered cyclic amide) rings is 1. The normalized spacial score (nSPS) is 20.0. The Bertz CT molecular complexity index is 963. The zero-order valence-corrected chi connectivity index (χ0v) is 14.6. The van der Waals surface area contributed by atoms with Crippen LogP contribution in [0.3, 0.4) is 0 Å². The molecule has 2 nitrogen and oxygen atoms in total. The first-order valence-electron chi connectivity index (χ1n) is 9.40. The van der Waals surface area contributed by atoms with Crippen molar-refractivity contribution in [2.24, 2.45) is 5.92 Å². The lowest BCUT2D eigenvalue weighted by molar-refractivity contribution is -0.130. The minimum Gasteiger partial charge on any atom is -0.303 e. The fourth-order valence-electron chi connectivity index (χ4n) is 4.54. The molecule has 0 radical (unpaired) electrons. The smallest absolute Gasteiger partial charge is 0.233 e. The first-order chi connectivity index (χ1) is 12.8. The molecule has 2 aliphatic heterocycles. The molecule has 1 saturated heterocycles. The summed E-state index contributed by atoms with van der Waals surface area (Å²) in [6.45, 7) is 0. The van der Waals surface area contributed by atoms with Crippen molar-refractivity contribution in [1.29, 1.82) is 0 Å². The van der Waals surface area contributed by atoms with Gasteiger partial charge in [0.2, 0.25) is 5.91 Å². The predicted molar refractivity (Wildman–Crippen MR) is 105 cm³/mol. The summed E-state index contributed by atoms with van der Waals surface area (Å²) in [5.41, 5.74) is 6.18. The zero-order chi connectivity index (χ0) is 17.5. The Balaban J connectivity index is 1.41. The van der Waals surface area contributed by atoms with E-state index in [0.29, 0.717) is 0 Å². The maximum Gasteiger partial charge on any atom is 0.233 e. The number of nitrogens with zero attached hydrogens (tertiary/aromatic N) is 1. The van der Waals surface area contributed by atoms with Gasteiger partial charge in [-0.2, -0.15) is 0 Å². The first kappa shape index (κ1) is 15.4. The Morgan fingerprint density at radius 1 is 0.769 bits per heavy atom. The van der Waals surface area contributed by atoms with E-state index in [9.17, 15) is 4.79 Å². The monoisotopic (exact) mass is 339 g/mol. The van der Waals surface area contributed by atoms with E-state index in [1.165, 1.54) is 22.3 Å². The van der Waals surface area contributed by atoms with Crippen molar-refractivity contribution in [2.45, 2.75) is 25.3 Å². The van der Waals surface area contributed by atoms with Crippen LogP contribution in [0.2, 0.25) is 0 Å². The third-order valence-electron chi connectivity index (χ3n) is 5.77. The minimum atomic E-state index is 0.105. The van der Waals surface area contributed by atoms with E-state index in [1.54, 1.807) is 0 Å². The molecule has 0 saturated carbocycles. The van der Waals surface area contributed by atoms with E-state index in [-0.39, 0.29) is 17.9 Å². The van der Waals surface area contributed by atoms with Crippen LogP contribution in [0.15, 0.2) is 78.9 Å². The standard InChI is InChI=1S/C24H21NO/c26-24-21(15-8-11-17-9-2-1-3-10-17)23-20-14-5-4-12-18(20)19-13-6-7-16-22(19)25(23)24/h1-7,9-10,12-14,16,21,23H,8,11,15H2/t21-,23-/m1/s1. The average Bonchev–Trinajstić information content (AvgIpc) is 2.70. The lowest BCUT2D eigenvalue weighted by Crippen LogP contribution is -2.56. The van der Waals surface area contributed by atoms with Crippen molar-refractivity contribution < 1.29 is 4.79 Å². The number of rotatable bonds is 4. The van der Waals surface area contributed by atoms with E-state index < -0.39 is 0 Å². The number of carbonyl (C=O) groups is 1.